The normalized spacial score (nSPS) is 24.4. The summed E-state index contributed by atoms with van der Waals surface area (Å²) in [5.74, 6) is 1.93. The molecule has 0 bridgehead atoms. The number of hydrogen-bond acceptors (Lipinski definition) is 2. The van der Waals surface area contributed by atoms with Crippen LogP contribution in [0.2, 0.25) is 0 Å². The standard InChI is InChI=1S/C18H29NO/c1-4-15-8-6-10-17(12-15)20-18-13(2)7-5-9-16(18)11-14(3)19/h5,7,9,14-15,17H,4,6,8,10-12,19H2,1-3H3. The molecular formula is C18H29NO. The van der Waals surface area contributed by atoms with Gasteiger partial charge < -0.3 is 10.5 Å². The first-order chi connectivity index (χ1) is 9.60. The molecule has 1 fully saturated rings. The molecule has 0 amide bonds. The SMILES string of the molecule is CCC1CCCC(Oc2c(C)cccc2CC(C)N)C1. The highest BCUT2D eigenvalue weighted by Gasteiger charge is 2.23. The number of nitrogens with two attached hydrogens (primary N) is 1. The molecule has 0 heterocycles. The van der Waals surface area contributed by atoms with Gasteiger partial charge in [-0.25, -0.2) is 0 Å². The quantitative estimate of drug-likeness (QED) is 0.872. The van der Waals surface area contributed by atoms with E-state index in [1.165, 1.54) is 43.2 Å². The van der Waals surface area contributed by atoms with E-state index in [9.17, 15) is 0 Å². The monoisotopic (exact) mass is 275 g/mol. The van der Waals surface area contributed by atoms with Gasteiger partial charge in [0.05, 0.1) is 6.10 Å². The Morgan fingerprint density at radius 2 is 2.15 bits per heavy atom. The number of hydrogen-bond donors (Lipinski definition) is 1. The van der Waals surface area contributed by atoms with Crippen LogP contribution in [0.1, 0.15) is 57.1 Å². The molecule has 1 aliphatic rings. The van der Waals surface area contributed by atoms with E-state index in [1.807, 2.05) is 0 Å². The lowest BCUT2D eigenvalue weighted by molar-refractivity contribution is 0.120. The second kappa shape index (κ2) is 7.12. The van der Waals surface area contributed by atoms with E-state index in [2.05, 4.69) is 39.0 Å². The van der Waals surface area contributed by atoms with Crippen molar-refractivity contribution < 1.29 is 4.74 Å². The second-order valence-corrected chi connectivity index (χ2v) is 6.43. The van der Waals surface area contributed by atoms with Gasteiger partial charge in [0.2, 0.25) is 0 Å². The van der Waals surface area contributed by atoms with Crippen molar-refractivity contribution in [1.29, 1.82) is 0 Å². The summed E-state index contributed by atoms with van der Waals surface area (Å²) < 4.78 is 6.39. The molecule has 0 saturated heterocycles. The van der Waals surface area contributed by atoms with Crippen LogP contribution in [0, 0.1) is 12.8 Å². The molecule has 0 aromatic heterocycles. The Hall–Kier alpha value is -1.02. The second-order valence-electron chi connectivity index (χ2n) is 6.43. The van der Waals surface area contributed by atoms with E-state index in [4.69, 9.17) is 10.5 Å². The van der Waals surface area contributed by atoms with E-state index < -0.39 is 0 Å². The highest BCUT2D eigenvalue weighted by atomic mass is 16.5. The molecule has 0 spiro atoms. The van der Waals surface area contributed by atoms with Crippen LogP contribution in [0.15, 0.2) is 18.2 Å². The van der Waals surface area contributed by atoms with Gasteiger partial charge in [-0.3, -0.25) is 0 Å². The summed E-state index contributed by atoms with van der Waals surface area (Å²) in [6, 6.07) is 6.58. The third-order valence-electron chi connectivity index (χ3n) is 4.43. The lowest BCUT2D eigenvalue weighted by Crippen LogP contribution is -2.26. The van der Waals surface area contributed by atoms with Gasteiger partial charge in [-0.1, -0.05) is 38.0 Å². The Balaban J connectivity index is 2.11. The molecule has 1 aromatic rings. The van der Waals surface area contributed by atoms with E-state index in [1.54, 1.807) is 0 Å². The van der Waals surface area contributed by atoms with Crippen LogP contribution in [-0.4, -0.2) is 12.1 Å². The zero-order valence-electron chi connectivity index (χ0n) is 13.2. The zero-order chi connectivity index (χ0) is 14.5. The van der Waals surface area contributed by atoms with Crippen LogP contribution >= 0.6 is 0 Å². The fourth-order valence-electron chi connectivity index (χ4n) is 3.28. The van der Waals surface area contributed by atoms with Crippen molar-refractivity contribution in [3.05, 3.63) is 29.3 Å². The number of para-hydroxylation sites is 1. The van der Waals surface area contributed by atoms with Crippen LogP contribution in [0.4, 0.5) is 0 Å². The van der Waals surface area contributed by atoms with Crippen molar-refractivity contribution >= 4 is 0 Å². The van der Waals surface area contributed by atoms with Crippen LogP contribution in [-0.2, 0) is 6.42 Å². The van der Waals surface area contributed by atoms with Crippen LogP contribution < -0.4 is 10.5 Å². The Labute approximate surface area is 123 Å². The fourth-order valence-corrected chi connectivity index (χ4v) is 3.28. The highest BCUT2D eigenvalue weighted by molar-refractivity contribution is 5.41. The highest BCUT2D eigenvalue weighted by Crippen LogP contribution is 2.32. The van der Waals surface area contributed by atoms with Crippen molar-refractivity contribution in [2.45, 2.75) is 71.4 Å². The Bertz CT molecular complexity index is 427. The lowest BCUT2D eigenvalue weighted by atomic mass is 9.85. The van der Waals surface area contributed by atoms with Gasteiger partial charge in [-0.15, -0.1) is 0 Å². The van der Waals surface area contributed by atoms with Crippen molar-refractivity contribution in [3.8, 4) is 5.75 Å². The van der Waals surface area contributed by atoms with Crippen molar-refractivity contribution in [3.63, 3.8) is 0 Å². The molecule has 3 atom stereocenters. The number of rotatable bonds is 5. The maximum absolute atomic E-state index is 6.39. The van der Waals surface area contributed by atoms with Crippen LogP contribution in [0.5, 0.6) is 5.75 Å². The minimum atomic E-state index is 0.175. The molecule has 0 radical (unpaired) electrons. The summed E-state index contributed by atoms with van der Waals surface area (Å²) in [5, 5.41) is 0. The molecule has 2 nitrogen and oxygen atoms in total. The molecule has 2 rings (SSSR count). The van der Waals surface area contributed by atoms with Gasteiger partial charge in [0, 0.05) is 6.04 Å². The average Bonchev–Trinajstić information content (AvgIpc) is 2.42. The first-order valence-corrected chi connectivity index (χ1v) is 8.10. The Morgan fingerprint density at radius 3 is 2.85 bits per heavy atom. The van der Waals surface area contributed by atoms with Crippen molar-refractivity contribution in [2.24, 2.45) is 11.7 Å². The zero-order valence-corrected chi connectivity index (χ0v) is 13.2. The largest absolute Gasteiger partial charge is 0.490 e. The molecule has 2 N–H and O–H groups in total. The van der Waals surface area contributed by atoms with Crippen molar-refractivity contribution in [1.82, 2.24) is 0 Å². The van der Waals surface area contributed by atoms with Gasteiger partial charge >= 0.3 is 0 Å². The first-order valence-electron chi connectivity index (χ1n) is 8.10. The molecule has 1 aromatic carbocycles. The Kier molecular flexibility index (Phi) is 5.47. The molecule has 2 heteroatoms. The molecule has 1 saturated carbocycles. The maximum atomic E-state index is 6.39. The average molecular weight is 275 g/mol. The summed E-state index contributed by atoms with van der Waals surface area (Å²) in [6.07, 6.45) is 7.64. The molecule has 3 unspecified atom stereocenters. The van der Waals surface area contributed by atoms with Gasteiger partial charge in [0.25, 0.3) is 0 Å². The van der Waals surface area contributed by atoms with E-state index in [0.717, 1.165) is 18.1 Å². The summed E-state index contributed by atoms with van der Waals surface area (Å²) >= 11 is 0. The van der Waals surface area contributed by atoms with E-state index in [0.29, 0.717) is 6.10 Å². The van der Waals surface area contributed by atoms with Crippen LogP contribution in [0.25, 0.3) is 0 Å². The first kappa shape index (κ1) is 15.4. The van der Waals surface area contributed by atoms with Gasteiger partial charge in [-0.2, -0.15) is 0 Å². The minimum absolute atomic E-state index is 0.175. The van der Waals surface area contributed by atoms with Crippen molar-refractivity contribution in [2.75, 3.05) is 0 Å². The third-order valence-corrected chi connectivity index (χ3v) is 4.43. The summed E-state index contributed by atoms with van der Waals surface area (Å²) in [4.78, 5) is 0. The molecule has 112 valence electrons. The minimum Gasteiger partial charge on any atom is -0.490 e. The predicted molar refractivity (Wildman–Crippen MR) is 85.2 cm³/mol. The van der Waals surface area contributed by atoms with Gasteiger partial charge in [0.1, 0.15) is 5.75 Å². The third kappa shape index (κ3) is 3.99. The number of aryl methyl sites for hydroxylation is 1. The summed E-state index contributed by atoms with van der Waals surface area (Å²) in [6.45, 7) is 6.49. The summed E-state index contributed by atoms with van der Waals surface area (Å²) in [7, 11) is 0. The smallest absolute Gasteiger partial charge is 0.125 e. The number of benzene rings is 1. The van der Waals surface area contributed by atoms with E-state index >= 15 is 0 Å². The maximum Gasteiger partial charge on any atom is 0.125 e. The molecule has 0 aliphatic heterocycles. The molecular weight excluding hydrogens is 246 g/mol. The van der Waals surface area contributed by atoms with E-state index in [-0.39, 0.29) is 6.04 Å². The Morgan fingerprint density at radius 1 is 1.35 bits per heavy atom. The fraction of sp³-hybridized carbons (Fsp3) is 0.667. The molecule has 20 heavy (non-hydrogen) atoms. The lowest BCUT2D eigenvalue weighted by Gasteiger charge is -2.30. The topological polar surface area (TPSA) is 35.2 Å². The molecule has 1 aliphatic carbocycles. The summed E-state index contributed by atoms with van der Waals surface area (Å²) in [5.41, 5.74) is 8.46. The number of ether oxygens (including phenoxy) is 1. The van der Waals surface area contributed by atoms with Crippen LogP contribution in [0.3, 0.4) is 0 Å². The predicted octanol–water partition coefficient (Wildman–Crippen LogP) is 4.23. The van der Waals surface area contributed by atoms with Gasteiger partial charge in [-0.05, 0) is 56.6 Å². The van der Waals surface area contributed by atoms with Gasteiger partial charge in [0.15, 0.2) is 0 Å².